The number of benzene rings is 2. The molecule has 7 nitrogen and oxygen atoms in total. The highest BCUT2D eigenvalue weighted by molar-refractivity contribution is 6.46. The number of carbonyl (C=O) groups excluding carboxylic acids is 2. The predicted molar refractivity (Wildman–Crippen MR) is 121 cm³/mol. The van der Waals surface area contributed by atoms with Crippen molar-refractivity contribution in [2.75, 3.05) is 53.3 Å². The number of Topliss-reactive ketones (excluding diaryl/α,β-unsaturated/α-hetero) is 1. The zero-order valence-electron chi connectivity index (χ0n) is 18.6. The Morgan fingerprint density at radius 3 is 2.13 bits per heavy atom. The molecule has 164 valence electrons. The highest BCUT2D eigenvalue weighted by Crippen LogP contribution is 2.39. The highest BCUT2D eigenvalue weighted by atomic mass is 16.5. The zero-order valence-corrected chi connectivity index (χ0v) is 18.6. The minimum Gasteiger partial charge on any atom is -0.507 e. The first-order chi connectivity index (χ1) is 14.7. The van der Waals surface area contributed by atoms with Gasteiger partial charge in [-0.1, -0.05) is 12.1 Å². The van der Waals surface area contributed by atoms with Gasteiger partial charge in [0.1, 0.15) is 11.5 Å². The van der Waals surface area contributed by atoms with E-state index < -0.39 is 17.7 Å². The molecule has 3 rings (SSSR count). The van der Waals surface area contributed by atoms with Crippen molar-refractivity contribution in [1.82, 2.24) is 9.80 Å². The number of methoxy groups -OCH3 is 1. The van der Waals surface area contributed by atoms with Crippen molar-refractivity contribution < 1.29 is 19.4 Å². The zero-order chi connectivity index (χ0) is 22.7. The normalized spacial score (nSPS) is 18.0. The number of aliphatic hydroxyl groups excluding tert-OH is 1. The van der Waals surface area contributed by atoms with Crippen LogP contribution in [0, 0.1) is 0 Å². The van der Waals surface area contributed by atoms with Gasteiger partial charge in [0.15, 0.2) is 0 Å². The van der Waals surface area contributed by atoms with Gasteiger partial charge in [0.05, 0.1) is 18.7 Å². The molecule has 31 heavy (non-hydrogen) atoms. The Kier molecular flexibility index (Phi) is 6.65. The molecule has 0 aliphatic carbocycles. The van der Waals surface area contributed by atoms with Gasteiger partial charge < -0.3 is 24.5 Å². The van der Waals surface area contributed by atoms with E-state index in [1.54, 1.807) is 36.3 Å². The standard InChI is InChI=1S/C24H29N3O4/c1-25(2)14-15-27-21(16-6-10-18(11-7-16)26(3)4)20(23(29)24(27)30)22(28)17-8-12-19(31-5)13-9-17/h6-13,21,28H,14-15H2,1-5H3/b22-20+/t21-/m1/s1. The molecule has 0 unspecified atom stereocenters. The monoisotopic (exact) mass is 423 g/mol. The molecular weight excluding hydrogens is 394 g/mol. The average molecular weight is 424 g/mol. The van der Waals surface area contributed by atoms with Crippen LogP contribution in [-0.2, 0) is 9.59 Å². The second kappa shape index (κ2) is 9.22. The summed E-state index contributed by atoms with van der Waals surface area (Å²) in [5, 5.41) is 11.1. The van der Waals surface area contributed by atoms with E-state index >= 15 is 0 Å². The molecule has 0 aromatic heterocycles. The molecule has 0 radical (unpaired) electrons. The predicted octanol–water partition coefficient (Wildman–Crippen LogP) is 2.74. The summed E-state index contributed by atoms with van der Waals surface area (Å²) in [6, 6.07) is 13.8. The van der Waals surface area contributed by atoms with Crippen molar-refractivity contribution in [3.05, 3.63) is 65.2 Å². The largest absolute Gasteiger partial charge is 0.507 e. The number of rotatable bonds is 7. The molecule has 1 fully saturated rings. The molecule has 1 atom stereocenters. The third kappa shape index (κ3) is 4.56. The Hall–Kier alpha value is -3.32. The number of likely N-dealkylation sites (N-methyl/N-ethyl adjacent to an activating group) is 1. The molecule has 1 N–H and O–H groups in total. The number of hydrogen-bond donors (Lipinski definition) is 1. The maximum absolute atomic E-state index is 13.0. The number of carbonyl (C=O) groups is 2. The number of ketones is 1. The highest BCUT2D eigenvalue weighted by Gasteiger charge is 2.45. The number of nitrogens with zero attached hydrogens (tertiary/aromatic N) is 3. The fourth-order valence-electron chi connectivity index (χ4n) is 3.62. The minimum atomic E-state index is -0.672. The summed E-state index contributed by atoms with van der Waals surface area (Å²) in [7, 11) is 9.27. The van der Waals surface area contributed by atoms with Crippen LogP contribution in [0.1, 0.15) is 17.2 Å². The molecule has 0 spiro atoms. The molecular formula is C24H29N3O4. The van der Waals surface area contributed by atoms with E-state index in [9.17, 15) is 14.7 Å². The van der Waals surface area contributed by atoms with Crippen LogP contribution in [-0.4, -0.2) is 75.0 Å². The van der Waals surface area contributed by atoms with E-state index in [4.69, 9.17) is 4.74 Å². The van der Waals surface area contributed by atoms with E-state index in [0.29, 0.717) is 24.4 Å². The quantitative estimate of drug-likeness (QED) is 0.419. The van der Waals surface area contributed by atoms with Gasteiger partial charge in [-0.25, -0.2) is 0 Å². The van der Waals surface area contributed by atoms with Crippen molar-refractivity contribution in [2.45, 2.75) is 6.04 Å². The molecule has 1 aliphatic rings. The van der Waals surface area contributed by atoms with Crippen LogP contribution in [0.15, 0.2) is 54.1 Å². The summed E-state index contributed by atoms with van der Waals surface area (Å²) in [5.74, 6) is -0.818. The number of ether oxygens (including phenoxy) is 1. The fraction of sp³-hybridized carbons (Fsp3) is 0.333. The van der Waals surface area contributed by atoms with Gasteiger partial charge in [0, 0.05) is 38.4 Å². The van der Waals surface area contributed by atoms with E-state index in [2.05, 4.69) is 0 Å². The molecule has 1 heterocycles. The first-order valence-corrected chi connectivity index (χ1v) is 10.1. The Morgan fingerprint density at radius 1 is 1.00 bits per heavy atom. The van der Waals surface area contributed by atoms with Gasteiger partial charge in [-0.05, 0) is 56.1 Å². The van der Waals surface area contributed by atoms with Crippen molar-refractivity contribution in [3.8, 4) is 5.75 Å². The van der Waals surface area contributed by atoms with Crippen LogP contribution in [0.4, 0.5) is 5.69 Å². The molecule has 2 aromatic carbocycles. The average Bonchev–Trinajstić information content (AvgIpc) is 3.02. The molecule has 1 aliphatic heterocycles. The van der Waals surface area contributed by atoms with Crippen LogP contribution in [0.5, 0.6) is 5.75 Å². The van der Waals surface area contributed by atoms with Gasteiger partial charge in [0.2, 0.25) is 0 Å². The van der Waals surface area contributed by atoms with Crippen molar-refractivity contribution in [1.29, 1.82) is 0 Å². The summed E-state index contributed by atoms with van der Waals surface area (Å²) in [4.78, 5) is 31.4. The Bertz CT molecular complexity index is 979. The van der Waals surface area contributed by atoms with Gasteiger partial charge in [-0.15, -0.1) is 0 Å². The SMILES string of the molecule is COc1ccc(/C(O)=C2\C(=O)C(=O)N(CCN(C)C)[C@@H]2c2ccc(N(C)C)cc2)cc1. The summed E-state index contributed by atoms with van der Waals surface area (Å²) < 4.78 is 5.17. The summed E-state index contributed by atoms with van der Waals surface area (Å²) >= 11 is 0. The minimum absolute atomic E-state index is 0.103. The summed E-state index contributed by atoms with van der Waals surface area (Å²) in [5.41, 5.74) is 2.34. The third-order valence-corrected chi connectivity index (χ3v) is 5.42. The fourth-order valence-corrected chi connectivity index (χ4v) is 3.62. The van der Waals surface area contributed by atoms with Crippen LogP contribution >= 0.6 is 0 Å². The Morgan fingerprint density at radius 2 is 1.61 bits per heavy atom. The van der Waals surface area contributed by atoms with Crippen molar-refractivity contribution >= 4 is 23.1 Å². The number of amides is 1. The molecule has 1 amide bonds. The maximum Gasteiger partial charge on any atom is 0.295 e. The van der Waals surface area contributed by atoms with Gasteiger partial charge in [0.25, 0.3) is 11.7 Å². The lowest BCUT2D eigenvalue weighted by Gasteiger charge is -2.27. The Labute approximate surface area is 183 Å². The smallest absolute Gasteiger partial charge is 0.295 e. The Balaban J connectivity index is 2.11. The van der Waals surface area contributed by atoms with Gasteiger partial charge in [-0.2, -0.15) is 0 Å². The lowest BCUT2D eigenvalue weighted by molar-refractivity contribution is -0.140. The van der Waals surface area contributed by atoms with Crippen LogP contribution in [0.3, 0.4) is 0 Å². The molecule has 0 saturated carbocycles. The second-order valence-electron chi connectivity index (χ2n) is 8.01. The number of aliphatic hydroxyl groups is 1. The van der Waals surface area contributed by atoms with Crippen LogP contribution in [0.2, 0.25) is 0 Å². The number of anilines is 1. The molecule has 2 aromatic rings. The van der Waals surface area contributed by atoms with Gasteiger partial charge in [-0.3, -0.25) is 9.59 Å². The number of hydrogen-bond acceptors (Lipinski definition) is 6. The summed E-state index contributed by atoms with van der Waals surface area (Å²) in [6.45, 7) is 0.971. The first kappa shape index (κ1) is 22.4. The van der Waals surface area contributed by atoms with E-state index in [-0.39, 0.29) is 11.3 Å². The number of likely N-dealkylation sites (tertiary alicyclic amines) is 1. The molecule has 1 saturated heterocycles. The maximum atomic E-state index is 13.0. The van der Waals surface area contributed by atoms with Gasteiger partial charge >= 0.3 is 0 Å². The first-order valence-electron chi connectivity index (χ1n) is 10.1. The van der Waals surface area contributed by atoms with Crippen molar-refractivity contribution in [2.24, 2.45) is 0 Å². The molecule has 7 heteroatoms. The van der Waals surface area contributed by atoms with Crippen molar-refractivity contribution in [3.63, 3.8) is 0 Å². The lowest BCUT2D eigenvalue weighted by atomic mass is 9.95. The van der Waals surface area contributed by atoms with E-state index in [1.165, 1.54) is 0 Å². The van der Waals surface area contributed by atoms with E-state index in [0.717, 1.165) is 11.3 Å². The van der Waals surface area contributed by atoms with Crippen LogP contribution < -0.4 is 9.64 Å². The van der Waals surface area contributed by atoms with E-state index in [1.807, 2.05) is 62.3 Å². The third-order valence-electron chi connectivity index (χ3n) is 5.42. The summed E-state index contributed by atoms with van der Waals surface area (Å²) in [6.07, 6.45) is 0. The second-order valence-corrected chi connectivity index (χ2v) is 8.01. The van der Waals surface area contributed by atoms with Crippen LogP contribution in [0.25, 0.3) is 5.76 Å². The topological polar surface area (TPSA) is 73.3 Å². The lowest BCUT2D eigenvalue weighted by Crippen LogP contribution is -2.35. The molecule has 0 bridgehead atoms.